The molecule has 1 atom stereocenters. The summed E-state index contributed by atoms with van der Waals surface area (Å²) in [7, 11) is 1.58. The van der Waals surface area contributed by atoms with Gasteiger partial charge in [0, 0.05) is 32.6 Å². The summed E-state index contributed by atoms with van der Waals surface area (Å²) < 4.78 is 5.11. The minimum absolute atomic E-state index is 0.131. The zero-order valence-corrected chi connectivity index (χ0v) is 15.6. The molecule has 1 aromatic carbocycles. The Bertz CT molecular complexity index is 650. The van der Waals surface area contributed by atoms with Gasteiger partial charge in [0.1, 0.15) is 5.75 Å². The lowest BCUT2D eigenvalue weighted by Crippen LogP contribution is -2.52. The van der Waals surface area contributed by atoms with Crippen molar-refractivity contribution in [3.05, 3.63) is 29.8 Å². The highest BCUT2D eigenvalue weighted by molar-refractivity contribution is 5.82. The largest absolute Gasteiger partial charge is 0.497 e. The van der Waals surface area contributed by atoms with E-state index in [1.54, 1.807) is 36.3 Å². The Balaban J connectivity index is 1.60. The van der Waals surface area contributed by atoms with Crippen LogP contribution in [0.2, 0.25) is 0 Å². The van der Waals surface area contributed by atoms with Gasteiger partial charge in [0.15, 0.2) is 6.10 Å². The van der Waals surface area contributed by atoms with E-state index >= 15 is 0 Å². The summed E-state index contributed by atoms with van der Waals surface area (Å²) in [4.78, 5) is 28.3. The lowest BCUT2D eigenvalue weighted by atomic mass is 9.72. The Morgan fingerprint density at radius 2 is 1.88 bits per heavy atom. The normalized spacial score (nSPS) is 21.0. The number of aliphatic hydroxyl groups is 1. The van der Waals surface area contributed by atoms with Gasteiger partial charge in [-0.2, -0.15) is 0 Å². The fraction of sp³-hybridized carbons (Fsp3) is 0.600. The first-order valence-corrected chi connectivity index (χ1v) is 9.36. The van der Waals surface area contributed by atoms with Crippen molar-refractivity contribution in [2.45, 2.75) is 38.7 Å². The molecule has 1 spiro atoms. The number of aliphatic hydroxyl groups excluding tert-OH is 1. The van der Waals surface area contributed by atoms with Crippen molar-refractivity contribution < 1.29 is 19.4 Å². The van der Waals surface area contributed by atoms with E-state index in [0.29, 0.717) is 30.8 Å². The van der Waals surface area contributed by atoms with Crippen LogP contribution >= 0.6 is 0 Å². The van der Waals surface area contributed by atoms with Gasteiger partial charge >= 0.3 is 0 Å². The first-order valence-electron chi connectivity index (χ1n) is 9.36. The van der Waals surface area contributed by atoms with Crippen molar-refractivity contribution >= 4 is 11.8 Å². The average molecular weight is 360 g/mol. The number of methoxy groups -OCH3 is 1. The van der Waals surface area contributed by atoms with Crippen LogP contribution < -0.4 is 4.74 Å². The van der Waals surface area contributed by atoms with Gasteiger partial charge < -0.3 is 19.6 Å². The maximum atomic E-state index is 12.7. The van der Waals surface area contributed by atoms with Crippen LogP contribution in [-0.4, -0.2) is 60.0 Å². The van der Waals surface area contributed by atoms with Crippen LogP contribution in [0.1, 0.15) is 44.3 Å². The number of hydrogen-bond donors (Lipinski definition) is 1. The zero-order chi connectivity index (χ0) is 18.7. The number of likely N-dealkylation sites (tertiary alicyclic amines) is 2. The molecule has 1 aromatic rings. The third-order valence-corrected chi connectivity index (χ3v) is 5.93. The van der Waals surface area contributed by atoms with Crippen molar-refractivity contribution in [3.8, 4) is 5.75 Å². The number of nitrogens with zero attached hydrogens (tertiary/aromatic N) is 2. The molecule has 142 valence electrons. The summed E-state index contributed by atoms with van der Waals surface area (Å²) in [5.74, 6) is 0.691. The fourth-order valence-corrected chi connectivity index (χ4v) is 4.10. The molecule has 2 heterocycles. The van der Waals surface area contributed by atoms with E-state index < -0.39 is 6.10 Å². The minimum Gasteiger partial charge on any atom is -0.497 e. The molecule has 2 fully saturated rings. The Labute approximate surface area is 154 Å². The number of rotatable bonds is 4. The molecule has 3 rings (SSSR count). The summed E-state index contributed by atoms with van der Waals surface area (Å²) in [6.07, 6.45) is 2.15. The number of hydrogen-bond acceptors (Lipinski definition) is 4. The van der Waals surface area contributed by atoms with Crippen LogP contribution in [0.25, 0.3) is 0 Å². The van der Waals surface area contributed by atoms with Crippen molar-refractivity contribution in [3.63, 3.8) is 0 Å². The summed E-state index contributed by atoms with van der Waals surface area (Å²) in [6.45, 7) is 4.83. The molecule has 0 saturated carbocycles. The molecule has 26 heavy (non-hydrogen) atoms. The van der Waals surface area contributed by atoms with Crippen LogP contribution in [0.15, 0.2) is 24.3 Å². The summed E-state index contributed by atoms with van der Waals surface area (Å²) in [5.41, 5.74) is 0.711. The second-order valence-corrected chi connectivity index (χ2v) is 7.41. The molecule has 6 nitrogen and oxygen atoms in total. The highest BCUT2D eigenvalue weighted by Gasteiger charge is 2.41. The van der Waals surface area contributed by atoms with Gasteiger partial charge in [-0.1, -0.05) is 12.1 Å². The van der Waals surface area contributed by atoms with E-state index in [9.17, 15) is 14.7 Å². The molecular formula is C20H28N2O4. The predicted molar refractivity (Wildman–Crippen MR) is 97.7 cm³/mol. The Morgan fingerprint density at radius 1 is 1.23 bits per heavy atom. The van der Waals surface area contributed by atoms with Crippen LogP contribution in [0.5, 0.6) is 5.75 Å². The monoisotopic (exact) mass is 360 g/mol. The Morgan fingerprint density at radius 3 is 2.46 bits per heavy atom. The Kier molecular flexibility index (Phi) is 5.51. The van der Waals surface area contributed by atoms with E-state index in [2.05, 4.69) is 0 Å². The fourth-order valence-electron chi connectivity index (χ4n) is 4.10. The second kappa shape index (κ2) is 7.66. The number of carbonyl (C=O) groups excluding carboxylic acids is 2. The third-order valence-electron chi connectivity index (χ3n) is 5.93. The molecule has 1 N–H and O–H groups in total. The smallest absolute Gasteiger partial charge is 0.256 e. The van der Waals surface area contributed by atoms with E-state index in [4.69, 9.17) is 4.74 Å². The van der Waals surface area contributed by atoms with Crippen molar-refractivity contribution in [1.29, 1.82) is 0 Å². The SMILES string of the molecule is CCN1CC2(CCC1=O)CCN(C(=O)[C@@H](O)c1ccc(OC)cc1)CC2. The molecule has 0 aromatic heterocycles. The maximum Gasteiger partial charge on any atom is 0.256 e. The maximum absolute atomic E-state index is 12.7. The molecule has 2 saturated heterocycles. The molecule has 0 bridgehead atoms. The van der Waals surface area contributed by atoms with Gasteiger partial charge in [-0.05, 0) is 49.3 Å². The first kappa shape index (κ1) is 18.7. The van der Waals surface area contributed by atoms with E-state index in [-0.39, 0.29) is 17.2 Å². The quantitative estimate of drug-likeness (QED) is 0.891. The van der Waals surface area contributed by atoms with Gasteiger partial charge in [-0.25, -0.2) is 0 Å². The number of piperidine rings is 2. The van der Waals surface area contributed by atoms with Gasteiger partial charge in [0.05, 0.1) is 7.11 Å². The number of benzene rings is 1. The average Bonchev–Trinajstić information content (AvgIpc) is 2.69. The van der Waals surface area contributed by atoms with Gasteiger partial charge in [0.2, 0.25) is 5.91 Å². The standard InChI is InChI=1S/C20H28N2O4/c1-3-21-14-20(9-8-17(21)23)10-12-22(13-11-20)19(25)18(24)15-4-6-16(26-2)7-5-15/h4-7,18,24H,3,8-14H2,1-2H3/t18-/m0/s1. The van der Waals surface area contributed by atoms with Gasteiger partial charge in [0.25, 0.3) is 5.91 Å². The lowest BCUT2D eigenvalue weighted by Gasteiger charge is -2.47. The molecule has 2 aliphatic heterocycles. The van der Waals surface area contributed by atoms with Crippen molar-refractivity contribution in [1.82, 2.24) is 9.80 Å². The van der Waals surface area contributed by atoms with Crippen LogP contribution in [-0.2, 0) is 9.59 Å². The molecule has 2 amide bonds. The number of amides is 2. The summed E-state index contributed by atoms with van der Waals surface area (Å²) in [6, 6.07) is 6.93. The molecule has 0 aliphatic carbocycles. The molecule has 6 heteroatoms. The van der Waals surface area contributed by atoms with Crippen molar-refractivity contribution in [2.24, 2.45) is 5.41 Å². The van der Waals surface area contributed by atoms with Crippen LogP contribution in [0, 0.1) is 5.41 Å². The summed E-state index contributed by atoms with van der Waals surface area (Å²) >= 11 is 0. The minimum atomic E-state index is -1.14. The first-order chi connectivity index (χ1) is 12.5. The topological polar surface area (TPSA) is 70.1 Å². The lowest BCUT2D eigenvalue weighted by molar-refractivity contribution is -0.147. The van der Waals surface area contributed by atoms with Gasteiger partial charge in [-0.3, -0.25) is 9.59 Å². The zero-order valence-electron chi connectivity index (χ0n) is 15.6. The van der Waals surface area contributed by atoms with Crippen LogP contribution in [0.4, 0.5) is 0 Å². The van der Waals surface area contributed by atoms with E-state index in [0.717, 1.165) is 32.4 Å². The predicted octanol–water partition coefficient (Wildman–Crippen LogP) is 1.98. The van der Waals surface area contributed by atoms with Gasteiger partial charge in [-0.15, -0.1) is 0 Å². The molecule has 0 radical (unpaired) electrons. The third kappa shape index (κ3) is 3.70. The summed E-state index contributed by atoms with van der Waals surface area (Å²) in [5, 5.41) is 10.4. The molecule has 0 unspecified atom stereocenters. The highest BCUT2D eigenvalue weighted by Crippen LogP contribution is 2.40. The number of carbonyl (C=O) groups is 2. The second-order valence-electron chi connectivity index (χ2n) is 7.41. The van der Waals surface area contributed by atoms with Crippen LogP contribution in [0.3, 0.4) is 0 Å². The van der Waals surface area contributed by atoms with Crippen molar-refractivity contribution in [2.75, 3.05) is 33.3 Å². The molecule has 2 aliphatic rings. The molecular weight excluding hydrogens is 332 g/mol. The van der Waals surface area contributed by atoms with E-state index in [1.165, 1.54) is 0 Å². The van der Waals surface area contributed by atoms with E-state index in [1.807, 2.05) is 11.8 Å². The highest BCUT2D eigenvalue weighted by atomic mass is 16.5. The number of ether oxygens (including phenoxy) is 1. The Hall–Kier alpha value is -2.08.